The fourth-order valence-corrected chi connectivity index (χ4v) is 4.16. The summed E-state index contributed by atoms with van der Waals surface area (Å²) in [6, 6.07) is 11.1. The van der Waals surface area contributed by atoms with Gasteiger partial charge < -0.3 is 24.4 Å². The molecule has 2 fully saturated rings. The van der Waals surface area contributed by atoms with E-state index in [1.807, 2.05) is 0 Å². The Morgan fingerprint density at radius 2 is 1.88 bits per heavy atom. The molecular weight excluding hydrogens is 519 g/mol. The molecule has 182 valence electrons. The average molecular weight is 561 g/mol. The van der Waals surface area contributed by atoms with Crippen LogP contribution >= 0.6 is 24.0 Å². The van der Waals surface area contributed by atoms with Crippen LogP contribution in [0.15, 0.2) is 35.3 Å². The van der Waals surface area contributed by atoms with E-state index < -0.39 is 0 Å². The van der Waals surface area contributed by atoms with Gasteiger partial charge in [0.25, 0.3) is 0 Å². The second-order valence-corrected chi connectivity index (χ2v) is 8.15. The fraction of sp³-hybridized carbons (Fsp3) is 0.708. The Balaban J connectivity index is 0.00000363. The van der Waals surface area contributed by atoms with Crippen molar-refractivity contribution in [3.63, 3.8) is 0 Å². The molecule has 32 heavy (non-hydrogen) atoms. The molecule has 0 aliphatic carbocycles. The van der Waals surface area contributed by atoms with E-state index in [0.29, 0.717) is 32.4 Å². The summed E-state index contributed by atoms with van der Waals surface area (Å²) in [6.07, 6.45) is 2.51. The van der Waals surface area contributed by atoms with Crippen LogP contribution in [0.25, 0.3) is 0 Å². The van der Waals surface area contributed by atoms with E-state index in [4.69, 9.17) is 19.2 Å². The van der Waals surface area contributed by atoms with E-state index in [1.165, 1.54) is 5.56 Å². The Hall–Kier alpha value is -0.940. The van der Waals surface area contributed by atoms with Gasteiger partial charge in [-0.05, 0) is 18.9 Å². The van der Waals surface area contributed by atoms with Crippen molar-refractivity contribution in [3.05, 3.63) is 35.9 Å². The smallest absolute Gasteiger partial charge is 0.194 e. The van der Waals surface area contributed by atoms with Gasteiger partial charge in [0.05, 0.1) is 45.1 Å². The lowest BCUT2D eigenvalue weighted by molar-refractivity contribution is -0.0502. The van der Waals surface area contributed by atoms with Gasteiger partial charge in [0, 0.05) is 39.3 Å². The van der Waals surface area contributed by atoms with Crippen molar-refractivity contribution in [1.29, 1.82) is 0 Å². The first-order chi connectivity index (χ1) is 15.3. The summed E-state index contributed by atoms with van der Waals surface area (Å²) >= 11 is 0. The number of unbranched alkanes of at least 4 members (excludes halogenated alkanes) is 1. The van der Waals surface area contributed by atoms with Crippen LogP contribution in [0.4, 0.5) is 0 Å². The number of likely N-dealkylation sites (tertiary alicyclic amines) is 1. The zero-order chi connectivity index (χ0) is 21.7. The van der Waals surface area contributed by atoms with Crippen LogP contribution in [0.1, 0.15) is 32.3 Å². The number of guanidine groups is 1. The van der Waals surface area contributed by atoms with Crippen LogP contribution in [-0.2, 0) is 20.8 Å². The summed E-state index contributed by atoms with van der Waals surface area (Å²) in [5.41, 5.74) is 1.36. The first-order valence-electron chi connectivity index (χ1n) is 11.9. The van der Waals surface area contributed by atoms with Gasteiger partial charge in [-0.25, -0.2) is 0 Å². The molecule has 0 bridgehead atoms. The molecule has 1 aromatic carbocycles. The number of halogens is 1. The molecule has 2 aliphatic rings. The lowest BCUT2D eigenvalue weighted by atomic mass is 10.1. The molecule has 0 amide bonds. The van der Waals surface area contributed by atoms with Crippen molar-refractivity contribution in [1.82, 2.24) is 15.1 Å². The van der Waals surface area contributed by atoms with Crippen molar-refractivity contribution < 1.29 is 14.2 Å². The highest BCUT2D eigenvalue weighted by Crippen LogP contribution is 2.24. The van der Waals surface area contributed by atoms with Crippen LogP contribution in [0.2, 0.25) is 0 Å². The number of rotatable bonds is 12. The quantitative estimate of drug-likeness (QED) is 0.184. The third kappa shape index (κ3) is 8.78. The number of morpholine rings is 1. The van der Waals surface area contributed by atoms with Crippen LogP contribution in [0.3, 0.4) is 0 Å². The number of nitrogens with one attached hydrogen (secondary N) is 1. The van der Waals surface area contributed by atoms with E-state index in [9.17, 15) is 0 Å². The average Bonchev–Trinajstić information content (AvgIpc) is 3.23. The predicted molar refractivity (Wildman–Crippen MR) is 140 cm³/mol. The Labute approximate surface area is 210 Å². The second kappa shape index (κ2) is 15.8. The highest BCUT2D eigenvalue weighted by atomic mass is 127. The van der Waals surface area contributed by atoms with E-state index in [1.54, 1.807) is 0 Å². The van der Waals surface area contributed by atoms with E-state index in [-0.39, 0.29) is 30.1 Å². The molecule has 8 heteroatoms. The third-order valence-corrected chi connectivity index (χ3v) is 5.79. The van der Waals surface area contributed by atoms with Crippen molar-refractivity contribution in [3.8, 4) is 0 Å². The molecule has 1 aromatic rings. The Morgan fingerprint density at radius 1 is 1.09 bits per heavy atom. The van der Waals surface area contributed by atoms with Gasteiger partial charge in [-0.2, -0.15) is 0 Å². The zero-order valence-corrected chi connectivity index (χ0v) is 22.0. The minimum Gasteiger partial charge on any atom is -0.379 e. The Kier molecular flexibility index (Phi) is 13.5. The summed E-state index contributed by atoms with van der Waals surface area (Å²) in [5, 5.41) is 3.45. The van der Waals surface area contributed by atoms with Crippen molar-refractivity contribution in [2.24, 2.45) is 4.99 Å². The number of ether oxygens (including phenoxy) is 3. The lowest BCUT2D eigenvalue weighted by Crippen LogP contribution is -2.50. The van der Waals surface area contributed by atoms with Gasteiger partial charge in [-0.15, -0.1) is 24.0 Å². The van der Waals surface area contributed by atoms with Crippen LogP contribution < -0.4 is 5.32 Å². The number of fused-ring (bicyclic) bond motifs is 1. The van der Waals surface area contributed by atoms with E-state index >= 15 is 0 Å². The number of aliphatic imine (C=N–C) groups is 1. The summed E-state index contributed by atoms with van der Waals surface area (Å²) in [7, 11) is 0. The van der Waals surface area contributed by atoms with Gasteiger partial charge in [0.15, 0.2) is 5.96 Å². The highest BCUT2D eigenvalue weighted by Gasteiger charge is 2.41. The normalized spacial score (nSPS) is 21.3. The summed E-state index contributed by atoms with van der Waals surface area (Å²) in [5.74, 6) is 0.961. The fourth-order valence-electron chi connectivity index (χ4n) is 4.16. The number of benzene rings is 1. The molecule has 2 aliphatic heterocycles. The maximum atomic E-state index is 6.12. The maximum Gasteiger partial charge on any atom is 0.194 e. The summed E-state index contributed by atoms with van der Waals surface area (Å²) in [6.45, 7) is 13.1. The van der Waals surface area contributed by atoms with E-state index in [2.05, 4.69) is 59.3 Å². The third-order valence-electron chi connectivity index (χ3n) is 5.79. The molecule has 2 unspecified atom stereocenters. The van der Waals surface area contributed by atoms with Crippen molar-refractivity contribution in [2.75, 3.05) is 65.8 Å². The van der Waals surface area contributed by atoms with Gasteiger partial charge in [0.1, 0.15) is 0 Å². The highest BCUT2D eigenvalue weighted by molar-refractivity contribution is 14.0. The monoisotopic (exact) mass is 560 g/mol. The van der Waals surface area contributed by atoms with Crippen LogP contribution in [-0.4, -0.2) is 93.7 Å². The molecule has 0 spiro atoms. The maximum absolute atomic E-state index is 6.12. The molecule has 3 rings (SSSR count). The molecule has 2 saturated heterocycles. The predicted octanol–water partition coefficient (Wildman–Crippen LogP) is 2.99. The summed E-state index contributed by atoms with van der Waals surface area (Å²) in [4.78, 5) is 9.71. The molecule has 0 radical (unpaired) electrons. The number of hydrogen-bond acceptors (Lipinski definition) is 5. The van der Waals surface area contributed by atoms with Gasteiger partial charge in [0.2, 0.25) is 0 Å². The second-order valence-electron chi connectivity index (χ2n) is 8.15. The molecule has 7 nitrogen and oxygen atoms in total. The standard InChI is InChI=1S/C24H40N4O3.HI/c1-3-5-13-29-16-17-30-14-11-26-24(25-4-2)28-19-22-23(20-28)31-15-12-27(22)18-21-9-7-6-8-10-21;/h6-10,22-23H,3-5,11-20H2,1-2H3,(H,25,26);1H. The van der Waals surface area contributed by atoms with Gasteiger partial charge >= 0.3 is 0 Å². The van der Waals surface area contributed by atoms with Gasteiger partial charge in [-0.3, -0.25) is 9.89 Å². The Morgan fingerprint density at radius 3 is 2.62 bits per heavy atom. The molecular formula is C24H41IN4O3. The van der Waals surface area contributed by atoms with Crippen molar-refractivity contribution in [2.45, 2.75) is 45.4 Å². The minimum atomic E-state index is 0. The largest absolute Gasteiger partial charge is 0.379 e. The number of hydrogen-bond donors (Lipinski definition) is 1. The lowest BCUT2D eigenvalue weighted by Gasteiger charge is -2.36. The van der Waals surface area contributed by atoms with Crippen LogP contribution in [0.5, 0.6) is 0 Å². The SMILES string of the molecule is CCCCOCCOCCN=C(NCC)N1CC2OCCN(Cc3ccccc3)C2C1.I. The molecule has 2 heterocycles. The van der Waals surface area contributed by atoms with Crippen LogP contribution in [0, 0.1) is 0 Å². The molecule has 1 N–H and O–H groups in total. The minimum absolute atomic E-state index is 0. The van der Waals surface area contributed by atoms with Crippen molar-refractivity contribution >= 4 is 29.9 Å². The first-order valence-corrected chi connectivity index (χ1v) is 11.9. The zero-order valence-electron chi connectivity index (χ0n) is 19.7. The first kappa shape index (κ1) is 27.3. The summed E-state index contributed by atoms with van der Waals surface area (Å²) < 4.78 is 17.3. The Bertz CT molecular complexity index is 649. The number of nitrogens with zero attached hydrogens (tertiary/aromatic N) is 3. The van der Waals surface area contributed by atoms with Gasteiger partial charge in [-0.1, -0.05) is 43.7 Å². The molecule has 2 atom stereocenters. The molecule has 0 aromatic heterocycles. The molecule has 0 saturated carbocycles. The van der Waals surface area contributed by atoms with E-state index in [0.717, 1.165) is 64.7 Å². The topological polar surface area (TPSA) is 58.6 Å².